The molecular formula is C17H19NO3. The van der Waals surface area contributed by atoms with E-state index in [1.54, 1.807) is 25.1 Å². The first-order valence-electron chi connectivity index (χ1n) is 6.85. The Morgan fingerprint density at radius 1 is 1.19 bits per heavy atom. The summed E-state index contributed by atoms with van der Waals surface area (Å²) in [6.07, 6.45) is 0. The van der Waals surface area contributed by atoms with Crippen molar-refractivity contribution in [1.82, 2.24) is 0 Å². The summed E-state index contributed by atoms with van der Waals surface area (Å²) < 4.78 is 10.8. The quantitative estimate of drug-likeness (QED) is 0.676. The Labute approximate surface area is 124 Å². The minimum Gasteiger partial charge on any atom is -0.488 e. The van der Waals surface area contributed by atoms with Gasteiger partial charge in [-0.05, 0) is 31.5 Å². The number of carbonyl (C=O) groups is 1. The van der Waals surface area contributed by atoms with Crippen LogP contribution in [-0.4, -0.2) is 12.6 Å². The lowest BCUT2D eigenvalue weighted by molar-refractivity contribution is 0.0521. The maximum Gasteiger partial charge on any atom is 0.341 e. The molecule has 0 bridgehead atoms. The molecule has 0 saturated carbocycles. The summed E-state index contributed by atoms with van der Waals surface area (Å²) in [6.45, 7) is 4.48. The molecule has 0 saturated heterocycles. The lowest BCUT2D eigenvalue weighted by atomic mass is 10.1. The van der Waals surface area contributed by atoms with E-state index >= 15 is 0 Å². The summed E-state index contributed by atoms with van der Waals surface area (Å²) in [7, 11) is 0. The van der Waals surface area contributed by atoms with Gasteiger partial charge < -0.3 is 15.2 Å². The van der Waals surface area contributed by atoms with E-state index in [-0.39, 0.29) is 0 Å². The van der Waals surface area contributed by atoms with Crippen molar-refractivity contribution in [2.24, 2.45) is 0 Å². The van der Waals surface area contributed by atoms with E-state index in [0.29, 0.717) is 30.2 Å². The number of esters is 1. The molecule has 0 amide bonds. The average Bonchev–Trinajstić information content (AvgIpc) is 2.45. The largest absolute Gasteiger partial charge is 0.488 e. The summed E-state index contributed by atoms with van der Waals surface area (Å²) in [4.78, 5) is 11.9. The molecule has 2 aromatic rings. The number of hydrogen-bond acceptors (Lipinski definition) is 4. The zero-order valence-corrected chi connectivity index (χ0v) is 12.3. The van der Waals surface area contributed by atoms with Crippen LogP contribution >= 0.6 is 0 Å². The van der Waals surface area contributed by atoms with Crippen LogP contribution in [0.25, 0.3) is 0 Å². The molecule has 4 nitrogen and oxygen atoms in total. The number of carbonyl (C=O) groups excluding carboxylic acids is 1. The fourth-order valence-corrected chi connectivity index (χ4v) is 2.00. The van der Waals surface area contributed by atoms with Gasteiger partial charge in [-0.3, -0.25) is 0 Å². The van der Waals surface area contributed by atoms with Crippen LogP contribution in [0.4, 0.5) is 5.69 Å². The Hall–Kier alpha value is -2.49. The smallest absolute Gasteiger partial charge is 0.341 e. The molecule has 0 aliphatic carbocycles. The van der Waals surface area contributed by atoms with Crippen LogP contribution in [0.1, 0.15) is 28.4 Å². The van der Waals surface area contributed by atoms with Crippen LogP contribution in [0.5, 0.6) is 5.75 Å². The third-order valence-corrected chi connectivity index (χ3v) is 2.98. The third-order valence-electron chi connectivity index (χ3n) is 2.98. The summed E-state index contributed by atoms with van der Waals surface area (Å²) in [5.41, 5.74) is 8.89. The Balaban J connectivity index is 2.18. The molecule has 0 aliphatic heterocycles. The Bertz CT molecular complexity index is 638. The first-order chi connectivity index (χ1) is 10.1. The molecule has 0 aliphatic rings. The molecule has 2 aromatic carbocycles. The van der Waals surface area contributed by atoms with Gasteiger partial charge in [-0.1, -0.05) is 29.8 Å². The van der Waals surface area contributed by atoms with Crippen LogP contribution in [0.15, 0.2) is 42.5 Å². The second-order valence-corrected chi connectivity index (χ2v) is 4.75. The minimum atomic E-state index is -0.406. The zero-order chi connectivity index (χ0) is 15.2. The van der Waals surface area contributed by atoms with Gasteiger partial charge in [0.2, 0.25) is 0 Å². The standard InChI is InChI=1S/C17H19NO3/c1-3-20-17(19)15-8-7-14(18)10-16(15)21-11-13-6-4-5-12(2)9-13/h4-10H,3,11,18H2,1-2H3. The van der Waals surface area contributed by atoms with E-state index in [1.807, 2.05) is 31.2 Å². The van der Waals surface area contributed by atoms with E-state index in [9.17, 15) is 4.79 Å². The highest BCUT2D eigenvalue weighted by Crippen LogP contribution is 2.24. The summed E-state index contributed by atoms with van der Waals surface area (Å²) in [6, 6.07) is 12.9. The van der Waals surface area contributed by atoms with E-state index in [2.05, 4.69) is 0 Å². The fraction of sp³-hybridized carbons (Fsp3) is 0.235. The molecule has 21 heavy (non-hydrogen) atoms. The molecule has 0 fully saturated rings. The molecule has 0 atom stereocenters. The first kappa shape index (κ1) is 14.9. The lowest BCUT2D eigenvalue weighted by Gasteiger charge is -2.12. The number of ether oxygens (including phenoxy) is 2. The van der Waals surface area contributed by atoms with Crippen molar-refractivity contribution in [2.75, 3.05) is 12.3 Å². The van der Waals surface area contributed by atoms with Gasteiger partial charge in [-0.2, -0.15) is 0 Å². The van der Waals surface area contributed by atoms with Gasteiger partial charge in [-0.15, -0.1) is 0 Å². The SMILES string of the molecule is CCOC(=O)c1ccc(N)cc1OCc1cccc(C)c1. The monoisotopic (exact) mass is 285 g/mol. The molecule has 0 heterocycles. The molecule has 0 spiro atoms. The highest BCUT2D eigenvalue weighted by Gasteiger charge is 2.14. The summed E-state index contributed by atoms with van der Waals surface area (Å²) >= 11 is 0. The normalized spacial score (nSPS) is 10.2. The lowest BCUT2D eigenvalue weighted by Crippen LogP contribution is -2.08. The van der Waals surface area contributed by atoms with Crippen molar-refractivity contribution in [3.05, 3.63) is 59.2 Å². The van der Waals surface area contributed by atoms with Gasteiger partial charge in [0.25, 0.3) is 0 Å². The van der Waals surface area contributed by atoms with Crippen LogP contribution < -0.4 is 10.5 Å². The van der Waals surface area contributed by atoms with Crippen LogP contribution in [0.2, 0.25) is 0 Å². The molecule has 2 rings (SSSR count). The number of hydrogen-bond donors (Lipinski definition) is 1. The first-order valence-corrected chi connectivity index (χ1v) is 6.85. The fourth-order valence-electron chi connectivity index (χ4n) is 2.00. The second-order valence-electron chi connectivity index (χ2n) is 4.75. The van der Waals surface area contributed by atoms with Gasteiger partial charge in [0, 0.05) is 11.8 Å². The van der Waals surface area contributed by atoms with Gasteiger partial charge in [0.15, 0.2) is 0 Å². The Kier molecular flexibility index (Phi) is 4.82. The number of rotatable bonds is 5. The predicted octanol–water partition coefficient (Wildman–Crippen LogP) is 3.33. The van der Waals surface area contributed by atoms with Crippen molar-refractivity contribution in [1.29, 1.82) is 0 Å². The zero-order valence-electron chi connectivity index (χ0n) is 12.3. The molecule has 0 aromatic heterocycles. The number of nitrogen functional groups attached to an aromatic ring is 1. The van der Waals surface area contributed by atoms with Crippen molar-refractivity contribution >= 4 is 11.7 Å². The Morgan fingerprint density at radius 3 is 2.71 bits per heavy atom. The maximum absolute atomic E-state index is 11.9. The highest BCUT2D eigenvalue weighted by molar-refractivity contribution is 5.93. The number of nitrogens with two attached hydrogens (primary N) is 1. The topological polar surface area (TPSA) is 61.5 Å². The van der Waals surface area contributed by atoms with E-state index in [4.69, 9.17) is 15.2 Å². The van der Waals surface area contributed by atoms with Crippen molar-refractivity contribution in [2.45, 2.75) is 20.5 Å². The summed E-state index contributed by atoms with van der Waals surface area (Å²) in [5, 5.41) is 0. The second kappa shape index (κ2) is 6.79. The van der Waals surface area contributed by atoms with Crippen molar-refractivity contribution in [3.8, 4) is 5.75 Å². The number of benzene rings is 2. The molecular weight excluding hydrogens is 266 g/mol. The minimum absolute atomic E-state index is 0.320. The molecule has 2 N–H and O–H groups in total. The van der Waals surface area contributed by atoms with Crippen molar-refractivity contribution in [3.63, 3.8) is 0 Å². The van der Waals surface area contributed by atoms with E-state index < -0.39 is 5.97 Å². The maximum atomic E-state index is 11.9. The average molecular weight is 285 g/mol. The third kappa shape index (κ3) is 3.99. The predicted molar refractivity (Wildman–Crippen MR) is 82.3 cm³/mol. The van der Waals surface area contributed by atoms with Gasteiger partial charge in [0.05, 0.1) is 6.61 Å². The highest BCUT2D eigenvalue weighted by atomic mass is 16.5. The van der Waals surface area contributed by atoms with Crippen LogP contribution in [-0.2, 0) is 11.3 Å². The molecule has 0 radical (unpaired) electrons. The molecule has 4 heteroatoms. The van der Waals surface area contributed by atoms with Gasteiger partial charge in [-0.25, -0.2) is 4.79 Å². The van der Waals surface area contributed by atoms with Crippen LogP contribution in [0.3, 0.4) is 0 Å². The van der Waals surface area contributed by atoms with E-state index in [0.717, 1.165) is 11.1 Å². The number of aryl methyl sites for hydroxylation is 1. The molecule has 110 valence electrons. The van der Waals surface area contributed by atoms with Gasteiger partial charge >= 0.3 is 5.97 Å². The van der Waals surface area contributed by atoms with Gasteiger partial charge in [0.1, 0.15) is 17.9 Å². The number of anilines is 1. The van der Waals surface area contributed by atoms with Crippen LogP contribution in [0, 0.1) is 6.92 Å². The summed E-state index contributed by atoms with van der Waals surface area (Å²) in [5.74, 6) is 0.0340. The molecule has 0 unspecified atom stereocenters. The Morgan fingerprint density at radius 2 is 2.00 bits per heavy atom. The van der Waals surface area contributed by atoms with Crippen molar-refractivity contribution < 1.29 is 14.3 Å². The van der Waals surface area contributed by atoms with E-state index in [1.165, 1.54) is 0 Å².